The highest BCUT2D eigenvalue weighted by molar-refractivity contribution is 5.95. The van der Waals surface area contributed by atoms with Crippen molar-refractivity contribution in [3.05, 3.63) is 53.0 Å². The molecule has 0 aliphatic carbocycles. The summed E-state index contributed by atoms with van der Waals surface area (Å²) in [6.07, 6.45) is 0. The molecule has 1 N–H and O–H groups in total. The first-order chi connectivity index (χ1) is 10.9. The van der Waals surface area contributed by atoms with E-state index in [2.05, 4.69) is 10.2 Å². The maximum Gasteiger partial charge on any atom is 0.254 e. The van der Waals surface area contributed by atoms with E-state index in [4.69, 9.17) is 9.15 Å². The molecule has 124 valence electrons. The molecule has 1 unspecified atom stereocenters. The Morgan fingerprint density at radius 2 is 2.04 bits per heavy atom. The standard InChI is InChI=1S/C18H24N2O3/c1-12-9-16(13(2)23-12)18(21)19-11-17(20(3)4)14-7-6-8-15(10-14)22-5/h6-10,17H,11H2,1-5H3,(H,19,21). The van der Waals surface area contributed by atoms with Crippen molar-refractivity contribution in [2.24, 2.45) is 0 Å². The highest BCUT2D eigenvalue weighted by atomic mass is 16.5. The van der Waals surface area contributed by atoms with Gasteiger partial charge >= 0.3 is 0 Å². The van der Waals surface area contributed by atoms with Crippen LogP contribution in [0.3, 0.4) is 0 Å². The van der Waals surface area contributed by atoms with Gasteiger partial charge in [-0.05, 0) is 51.7 Å². The number of methoxy groups -OCH3 is 1. The Balaban J connectivity index is 2.11. The largest absolute Gasteiger partial charge is 0.497 e. The molecule has 0 radical (unpaired) electrons. The highest BCUT2D eigenvalue weighted by Gasteiger charge is 2.18. The van der Waals surface area contributed by atoms with Crippen LogP contribution in [0, 0.1) is 13.8 Å². The van der Waals surface area contributed by atoms with Gasteiger partial charge < -0.3 is 19.4 Å². The lowest BCUT2D eigenvalue weighted by Crippen LogP contribution is -2.34. The maximum atomic E-state index is 12.3. The summed E-state index contributed by atoms with van der Waals surface area (Å²) < 4.78 is 10.7. The van der Waals surface area contributed by atoms with Crippen LogP contribution < -0.4 is 10.1 Å². The number of furan rings is 1. The number of carbonyl (C=O) groups is 1. The molecule has 2 aromatic rings. The van der Waals surface area contributed by atoms with Crippen LogP contribution in [0.1, 0.15) is 33.5 Å². The summed E-state index contributed by atoms with van der Waals surface area (Å²) in [6, 6.07) is 9.71. The fourth-order valence-corrected chi connectivity index (χ4v) is 2.59. The van der Waals surface area contributed by atoms with Crippen molar-refractivity contribution >= 4 is 5.91 Å². The zero-order valence-corrected chi connectivity index (χ0v) is 14.3. The molecule has 0 saturated heterocycles. The Morgan fingerprint density at radius 3 is 2.61 bits per heavy atom. The average Bonchev–Trinajstić information content (AvgIpc) is 2.86. The molecule has 5 heteroatoms. The summed E-state index contributed by atoms with van der Waals surface area (Å²) in [5, 5.41) is 2.99. The second-order valence-corrected chi connectivity index (χ2v) is 5.79. The molecular weight excluding hydrogens is 292 g/mol. The third-order valence-electron chi connectivity index (χ3n) is 3.84. The second-order valence-electron chi connectivity index (χ2n) is 5.79. The highest BCUT2D eigenvalue weighted by Crippen LogP contribution is 2.22. The van der Waals surface area contributed by atoms with E-state index in [1.807, 2.05) is 45.3 Å². The number of benzene rings is 1. The number of carbonyl (C=O) groups excluding carboxylic acids is 1. The smallest absolute Gasteiger partial charge is 0.254 e. The first kappa shape index (κ1) is 17.1. The van der Waals surface area contributed by atoms with E-state index in [9.17, 15) is 4.79 Å². The lowest BCUT2D eigenvalue weighted by atomic mass is 10.1. The number of aryl methyl sites for hydroxylation is 2. The van der Waals surface area contributed by atoms with Gasteiger partial charge in [-0.15, -0.1) is 0 Å². The van der Waals surface area contributed by atoms with Gasteiger partial charge in [0.25, 0.3) is 5.91 Å². The number of hydrogen-bond donors (Lipinski definition) is 1. The molecule has 0 aliphatic heterocycles. The number of hydrogen-bond acceptors (Lipinski definition) is 4. The lowest BCUT2D eigenvalue weighted by Gasteiger charge is -2.25. The van der Waals surface area contributed by atoms with Crippen molar-refractivity contribution in [3.8, 4) is 5.75 Å². The Hall–Kier alpha value is -2.27. The predicted molar refractivity (Wildman–Crippen MR) is 89.9 cm³/mol. The van der Waals surface area contributed by atoms with Crippen molar-refractivity contribution < 1.29 is 13.9 Å². The molecule has 1 atom stereocenters. The van der Waals surface area contributed by atoms with Crippen LogP contribution in [0.4, 0.5) is 0 Å². The van der Waals surface area contributed by atoms with E-state index in [0.29, 0.717) is 17.9 Å². The minimum Gasteiger partial charge on any atom is -0.497 e. The minimum absolute atomic E-state index is 0.0577. The van der Waals surface area contributed by atoms with E-state index in [-0.39, 0.29) is 11.9 Å². The molecule has 0 bridgehead atoms. The Kier molecular flexibility index (Phi) is 5.45. The number of rotatable bonds is 6. The number of amides is 1. The number of likely N-dealkylation sites (N-methyl/N-ethyl adjacent to an activating group) is 1. The summed E-state index contributed by atoms with van der Waals surface area (Å²) in [5.74, 6) is 2.07. The molecule has 1 aromatic heterocycles. The van der Waals surface area contributed by atoms with Crippen LogP contribution in [0.25, 0.3) is 0 Å². The maximum absolute atomic E-state index is 12.3. The number of nitrogens with one attached hydrogen (secondary N) is 1. The van der Waals surface area contributed by atoms with Gasteiger partial charge in [0.05, 0.1) is 18.7 Å². The number of nitrogens with zero attached hydrogens (tertiary/aromatic N) is 1. The molecule has 1 amide bonds. The van der Waals surface area contributed by atoms with Crippen LogP contribution >= 0.6 is 0 Å². The summed E-state index contributed by atoms with van der Waals surface area (Å²) in [5.41, 5.74) is 1.68. The van der Waals surface area contributed by atoms with Crippen molar-refractivity contribution in [1.82, 2.24) is 10.2 Å². The van der Waals surface area contributed by atoms with Gasteiger partial charge in [0.1, 0.15) is 17.3 Å². The SMILES string of the molecule is COc1cccc(C(CNC(=O)c2cc(C)oc2C)N(C)C)c1. The van der Waals surface area contributed by atoms with Gasteiger partial charge in [-0.2, -0.15) is 0 Å². The molecule has 1 heterocycles. The normalized spacial score (nSPS) is 12.3. The first-order valence-corrected chi connectivity index (χ1v) is 7.58. The molecule has 0 spiro atoms. The molecule has 0 aliphatic rings. The average molecular weight is 316 g/mol. The van der Waals surface area contributed by atoms with Gasteiger partial charge in [0.2, 0.25) is 0 Å². The second kappa shape index (κ2) is 7.33. The Morgan fingerprint density at radius 1 is 1.30 bits per heavy atom. The zero-order chi connectivity index (χ0) is 17.0. The zero-order valence-electron chi connectivity index (χ0n) is 14.3. The van der Waals surface area contributed by atoms with Crippen LogP contribution in [0.2, 0.25) is 0 Å². The molecular formula is C18H24N2O3. The van der Waals surface area contributed by atoms with E-state index in [0.717, 1.165) is 17.1 Å². The van der Waals surface area contributed by atoms with Gasteiger partial charge in [0.15, 0.2) is 0 Å². The van der Waals surface area contributed by atoms with E-state index >= 15 is 0 Å². The Bertz CT molecular complexity index is 677. The molecule has 0 saturated carbocycles. The monoisotopic (exact) mass is 316 g/mol. The molecule has 2 rings (SSSR count). The van der Waals surface area contributed by atoms with Gasteiger partial charge in [-0.3, -0.25) is 4.79 Å². The van der Waals surface area contributed by atoms with E-state index < -0.39 is 0 Å². The van der Waals surface area contributed by atoms with Crippen molar-refractivity contribution in [3.63, 3.8) is 0 Å². The van der Waals surface area contributed by atoms with E-state index in [1.54, 1.807) is 20.1 Å². The van der Waals surface area contributed by atoms with Crippen molar-refractivity contribution in [1.29, 1.82) is 0 Å². The van der Waals surface area contributed by atoms with Gasteiger partial charge in [0, 0.05) is 6.54 Å². The summed E-state index contributed by atoms with van der Waals surface area (Å²) in [4.78, 5) is 14.4. The summed E-state index contributed by atoms with van der Waals surface area (Å²) in [6.45, 7) is 4.14. The fourth-order valence-electron chi connectivity index (χ4n) is 2.59. The van der Waals surface area contributed by atoms with Crippen molar-refractivity contribution in [2.75, 3.05) is 27.7 Å². The van der Waals surface area contributed by atoms with Gasteiger partial charge in [-0.1, -0.05) is 12.1 Å². The first-order valence-electron chi connectivity index (χ1n) is 7.58. The third kappa shape index (κ3) is 4.13. The molecule has 5 nitrogen and oxygen atoms in total. The topological polar surface area (TPSA) is 54.7 Å². The van der Waals surface area contributed by atoms with E-state index in [1.165, 1.54) is 0 Å². The van der Waals surface area contributed by atoms with Crippen LogP contribution in [-0.2, 0) is 0 Å². The minimum atomic E-state index is -0.117. The molecule has 0 fully saturated rings. The lowest BCUT2D eigenvalue weighted by molar-refractivity contribution is 0.0940. The number of ether oxygens (including phenoxy) is 1. The Labute approximate surface area is 137 Å². The van der Waals surface area contributed by atoms with Crippen LogP contribution in [0.15, 0.2) is 34.7 Å². The fraction of sp³-hybridized carbons (Fsp3) is 0.389. The van der Waals surface area contributed by atoms with Crippen LogP contribution in [-0.4, -0.2) is 38.6 Å². The third-order valence-corrected chi connectivity index (χ3v) is 3.84. The quantitative estimate of drug-likeness (QED) is 0.890. The molecule has 23 heavy (non-hydrogen) atoms. The van der Waals surface area contributed by atoms with Crippen LogP contribution in [0.5, 0.6) is 5.75 Å². The summed E-state index contributed by atoms with van der Waals surface area (Å²) in [7, 11) is 5.63. The predicted octanol–water partition coefficient (Wildman–Crippen LogP) is 2.94. The molecule has 1 aromatic carbocycles. The summed E-state index contributed by atoms with van der Waals surface area (Å²) >= 11 is 0. The van der Waals surface area contributed by atoms with Crippen molar-refractivity contribution in [2.45, 2.75) is 19.9 Å². The van der Waals surface area contributed by atoms with Gasteiger partial charge in [-0.25, -0.2) is 0 Å².